The predicted octanol–water partition coefficient (Wildman–Crippen LogP) is 2.62. The maximum atomic E-state index is 12.7. The molecule has 3 rings (SSSR count). The van der Waals surface area contributed by atoms with E-state index < -0.39 is 10.0 Å². The number of rotatable bonds is 6. The minimum Gasteiger partial charge on any atom is -0.351 e. The lowest BCUT2D eigenvalue weighted by Gasteiger charge is -2.33. The van der Waals surface area contributed by atoms with Crippen LogP contribution in [0, 0.1) is 0 Å². The first-order valence-electron chi connectivity index (χ1n) is 8.84. The molecular weight excluding hydrogens is 421 g/mol. The molecule has 0 bridgehead atoms. The Bertz CT molecular complexity index is 945. The Morgan fingerprint density at radius 1 is 0.964 bits per heavy atom. The molecule has 9 heteroatoms. The molecule has 0 saturated carbocycles. The van der Waals surface area contributed by atoms with E-state index in [9.17, 15) is 13.2 Å². The van der Waals surface area contributed by atoms with Crippen LogP contribution in [0.25, 0.3) is 0 Å². The highest BCUT2D eigenvalue weighted by atomic mass is 35.5. The molecule has 1 aliphatic rings. The fourth-order valence-corrected chi connectivity index (χ4v) is 4.95. The second kappa shape index (κ2) is 9.24. The quantitative estimate of drug-likeness (QED) is 0.747. The van der Waals surface area contributed by atoms with Gasteiger partial charge in [-0.3, -0.25) is 9.69 Å². The molecular formula is C19H21Cl2N3O3S. The number of amides is 1. The average Bonchev–Trinajstić information content (AvgIpc) is 2.67. The lowest BCUT2D eigenvalue weighted by atomic mass is 10.2. The second-order valence-corrected chi connectivity index (χ2v) is 9.36. The Morgan fingerprint density at radius 2 is 1.61 bits per heavy atom. The summed E-state index contributed by atoms with van der Waals surface area (Å²) in [4.78, 5) is 14.3. The van der Waals surface area contributed by atoms with Gasteiger partial charge in [-0.15, -0.1) is 0 Å². The molecule has 0 atom stereocenters. The van der Waals surface area contributed by atoms with Crippen LogP contribution in [0.5, 0.6) is 0 Å². The number of nitrogens with one attached hydrogen (secondary N) is 1. The first-order chi connectivity index (χ1) is 13.3. The minimum atomic E-state index is -3.58. The number of sulfonamides is 1. The van der Waals surface area contributed by atoms with Gasteiger partial charge >= 0.3 is 0 Å². The minimum absolute atomic E-state index is 0.105. The number of hydrogen-bond acceptors (Lipinski definition) is 4. The monoisotopic (exact) mass is 441 g/mol. The van der Waals surface area contributed by atoms with E-state index in [0.29, 0.717) is 42.8 Å². The van der Waals surface area contributed by atoms with Crippen molar-refractivity contribution in [1.29, 1.82) is 0 Å². The van der Waals surface area contributed by atoms with Crippen LogP contribution >= 0.6 is 23.2 Å². The number of piperazine rings is 1. The third-order valence-corrected chi connectivity index (χ3v) is 6.88. The van der Waals surface area contributed by atoms with E-state index in [2.05, 4.69) is 5.32 Å². The van der Waals surface area contributed by atoms with Crippen LogP contribution in [0.3, 0.4) is 0 Å². The van der Waals surface area contributed by atoms with Crippen molar-refractivity contribution in [2.45, 2.75) is 11.4 Å². The highest BCUT2D eigenvalue weighted by Gasteiger charge is 2.29. The van der Waals surface area contributed by atoms with Crippen LogP contribution in [-0.2, 0) is 21.4 Å². The third-order valence-electron chi connectivity index (χ3n) is 4.51. The number of carbonyl (C=O) groups is 1. The number of nitrogens with zero attached hydrogens (tertiary/aromatic N) is 2. The lowest BCUT2D eigenvalue weighted by molar-refractivity contribution is -0.122. The summed E-state index contributed by atoms with van der Waals surface area (Å²) in [7, 11) is -3.58. The van der Waals surface area contributed by atoms with Crippen molar-refractivity contribution in [3.05, 3.63) is 64.1 Å². The van der Waals surface area contributed by atoms with Crippen molar-refractivity contribution in [1.82, 2.24) is 14.5 Å². The van der Waals surface area contributed by atoms with Crippen LogP contribution in [-0.4, -0.2) is 56.3 Å². The van der Waals surface area contributed by atoms with Crippen molar-refractivity contribution in [2.24, 2.45) is 0 Å². The molecule has 1 fully saturated rings. The van der Waals surface area contributed by atoms with E-state index in [-0.39, 0.29) is 17.3 Å². The van der Waals surface area contributed by atoms with Gasteiger partial charge in [0.2, 0.25) is 15.9 Å². The molecule has 1 N–H and O–H groups in total. The highest BCUT2D eigenvalue weighted by molar-refractivity contribution is 7.89. The second-order valence-electron chi connectivity index (χ2n) is 6.54. The smallest absolute Gasteiger partial charge is 0.243 e. The molecule has 6 nitrogen and oxygen atoms in total. The van der Waals surface area contributed by atoms with Gasteiger partial charge in [-0.1, -0.05) is 41.4 Å². The van der Waals surface area contributed by atoms with E-state index in [0.717, 1.165) is 5.56 Å². The average molecular weight is 442 g/mol. The van der Waals surface area contributed by atoms with Gasteiger partial charge in [0.25, 0.3) is 0 Å². The standard InChI is InChI=1S/C19H21Cl2N3O3S/c20-16-4-1-3-15(11-16)13-22-19(25)14-23-7-9-24(10-8-23)28(26,27)18-6-2-5-17(21)12-18/h1-6,11-12H,7-10,13-14H2,(H,22,25). The molecule has 0 radical (unpaired) electrons. The van der Waals surface area contributed by atoms with Gasteiger partial charge in [-0.2, -0.15) is 4.31 Å². The molecule has 1 heterocycles. The molecule has 1 amide bonds. The summed E-state index contributed by atoms with van der Waals surface area (Å²) >= 11 is 11.8. The van der Waals surface area contributed by atoms with E-state index in [1.54, 1.807) is 24.3 Å². The number of carbonyl (C=O) groups excluding carboxylic acids is 1. The maximum Gasteiger partial charge on any atom is 0.243 e. The van der Waals surface area contributed by atoms with Gasteiger partial charge in [0.15, 0.2) is 0 Å². The van der Waals surface area contributed by atoms with Crippen LogP contribution in [0.15, 0.2) is 53.4 Å². The molecule has 28 heavy (non-hydrogen) atoms. The largest absolute Gasteiger partial charge is 0.351 e. The van der Waals surface area contributed by atoms with E-state index in [1.165, 1.54) is 16.4 Å². The van der Waals surface area contributed by atoms with E-state index in [4.69, 9.17) is 23.2 Å². The van der Waals surface area contributed by atoms with E-state index in [1.807, 2.05) is 17.0 Å². The number of halogens is 2. The fourth-order valence-electron chi connectivity index (χ4n) is 3.01. The van der Waals surface area contributed by atoms with Gasteiger partial charge < -0.3 is 5.32 Å². The van der Waals surface area contributed by atoms with Crippen LogP contribution in [0.2, 0.25) is 10.0 Å². The molecule has 2 aromatic rings. The Kier molecular flexibility index (Phi) is 6.95. The van der Waals surface area contributed by atoms with Crippen molar-refractivity contribution < 1.29 is 13.2 Å². The Morgan fingerprint density at radius 3 is 2.25 bits per heavy atom. The van der Waals surface area contributed by atoms with Crippen LogP contribution in [0.1, 0.15) is 5.56 Å². The van der Waals surface area contributed by atoms with Crippen molar-refractivity contribution in [3.63, 3.8) is 0 Å². The van der Waals surface area contributed by atoms with Crippen molar-refractivity contribution in [3.8, 4) is 0 Å². The summed E-state index contributed by atoms with van der Waals surface area (Å²) in [6.07, 6.45) is 0. The fraction of sp³-hybridized carbons (Fsp3) is 0.316. The first-order valence-corrected chi connectivity index (χ1v) is 11.0. The third kappa shape index (κ3) is 5.46. The molecule has 0 aromatic heterocycles. The van der Waals surface area contributed by atoms with Crippen LogP contribution < -0.4 is 5.32 Å². The summed E-state index contributed by atoms with van der Waals surface area (Å²) in [6, 6.07) is 13.6. The summed E-state index contributed by atoms with van der Waals surface area (Å²) in [5, 5.41) is 3.88. The van der Waals surface area contributed by atoms with E-state index >= 15 is 0 Å². The van der Waals surface area contributed by atoms with Gasteiger partial charge in [0, 0.05) is 42.8 Å². The first kappa shape index (κ1) is 21.1. The van der Waals surface area contributed by atoms with Crippen molar-refractivity contribution in [2.75, 3.05) is 32.7 Å². The zero-order valence-electron chi connectivity index (χ0n) is 15.1. The topological polar surface area (TPSA) is 69.7 Å². The molecule has 1 saturated heterocycles. The summed E-state index contributed by atoms with van der Waals surface area (Å²) in [6.45, 7) is 2.27. The molecule has 2 aromatic carbocycles. The van der Waals surface area contributed by atoms with Crippen LogP contribution in [0.4, 0.5) is 0 Å². The Labute approximate surface area is 175 Å². The summed E-state index contributed by atoms with van der Waals surface area (Å²) < 4.78 is 26.9. The van der Waals surface area contributed by atoms with Gasteiger partial charge in [0.05, 0.1) is 11.4 Å². The molecule has 0 aliphatic carbocycles. The van der Waals surface area contributed by atoms with Crippen molar-refractivity contribution >= 4 is 39.1 Å². The predicted molar refractivity (Wildman–Crippen MR) is 110 cm³/mol. The maximum absolute atomic E-state index is 12.7. The number of benzene rings is 2. The van der Waals surface area contributed by atoms with Gasteiger partial charge in [-0.05, 0) is 35.9 Å². The Hall–Kier alpha value is -1.64. The lowest BCUT2D eigenvalue weighted by Crippen LogP contribution is -2.50. The summed E-state index contributed by atoms with van der Waals surface area (Å²) in [5.74, 6) is -0.105. The molecule has 0 unspecified atom stereocenters. The van der Waals surface area contributed by atoms with Gasteiger partial charge in [0.1, 0.15) is 0 Å². The molecule has 0 spiro atoms. The summed E-state index contributed by atoms with van der Waals surface area (Å²) in [5.41, 5.74) is 0.929. The zero-order chi connectivity index (χ0) is 20.1. The highest BCUT2D eigenvalue weighted by Crippen LogP contribution is 2.20. The molecule has 150 valence electrons. The van der Waals surface area contributed by atoms with Gasteiger partial charge in [-0.25, -0.2) is 8.42 Å². The number of hydrogen-bond donors (Lipinski definition) is 1. The molecule has 1 aliphatic heterocycles. The zero-order valence-corrected chi connectivity index (χ0v) is 17.5. The Balaban J connectivity index is 1.49. The SMILES string of the molecule is O=C(CN1CCN(S(=O)(=O)c2cccc(Cl)c2)CC1)NCc1cccc(Cl)c1. The normalized spacial score (nSPS) is 16.1.